The van der Waals surface area contributed by atoms with Crippen LogP contribution in [0, 0.1) is 5.82 Å². The van der Waals surface area contributed by atoms with Gasteiger partial charge in [-0.05, 0) is 37.0 Å². The van der Waals surface area contributed by atoms with Gasteiger partial charge >= 0.3 is 6.03 Å². The van der Waals surface area contributed by atoms with Gasteiger partial charge in [0.2, 0.25) is 5.91 Å². The molecule has 1 aliphatic heterocycles. The Labute approximate surface area is 140 Å². The van der Waals surface area contributed by atoms with E-state index in [1.165, 1.54) is 12.1 Å². The molecule has 130 valence electrons. The Morgan fingerprint density at radius 1 is 1.21 bits per heavy atom. The van der Waals surface area contributed by atoms with Crippen LogP contribution in [0.3, 0.4) is 0 Å². The standard InChI is InChI=1S/C17H22FN3O3/c1-3-17(4-2)15(23)21(16(24)20-17)11-14(22)19-10-9-12-5-7-13(18)8-6-12/h5-8H,3-4,9-11H2,1-2H3,(H,19,22)(H,20,24). The van der Waals surface area contributed by atoms with Crippen LogP contribution in [-0.4, -0.2) is 41.4 Å². The fraction of sp³-hybridized carbons (Fsp3) is 0.471. The van der Waals surface area contributed by atoms with Gasteiger partial charge in [0.05, 0.1) is 0 Å². The summed E-state index contributed by atoms with van der Waals surface area (Å²) in [4.78, 5) is 37.3. The van der Waals surface area contributed by atoms with E-state index < -0.39 is 17.5 Å². The first-order chi connectivity index (χ1) is 11.4. The molecular formula is C17H22FN3O3. The van der Waals surface area contributed by atoms with Gasteiger partial charge in [-0.25, -0.2) is 9.18 Å². The van der Waals surface area contributed by atoms with Gasteiger partial charge in [0.1, 0.15) is 17.9 Å². The lowest BCUT2D eigenvalue weighted by atomic mass is 9.93. The second kappa shape index (κ2) is 7.42. The molecule has 2 rings (SSSR count). The predicted octanol–water partition coefficient (Wildman–Crippen LogP) is 1.59. The van der Waals surface area contributed by atoms with E-state index in [1.807, 2.05) is 13.8 Å². The van der Waals surface area contributed by atoms with E-state index in [1.54, 1.807) is 12.1 Å². The van der Waals surface area contributed by atoms with Gasteiger partial charge in [-0.1, -0.05) is 26.0 Å². The molecule has 0 bridgehead atoms. The molecule has 1 aromatic rings. The number of urea groups is 1. The summed E-state index contributed by atoms with van der Waals surface area (Å²) in [5.41, 5.74) is -0.00598. The first-order valence-corrected chi connectivity index (χ1v) is 8.07. The van der Waals surface area contributed by atoms with Gasteiger partial charge in [0, 0.05) is 6.54 Å². The van der Waals surface area contributed by atoms with Crippen molar-refractivity contribution < 1.29 is 18.8 Å². The number of rotatable bonds is 7. The van der Waals surface area contributed by atoms with Crippen LogP contribution in [0.2, 0.25) is 0 Å². The number of carbonyl (C=O) groups excluding carboxylic acids is 3. The van der Waals surface area contributed by atoms with Crippen molar-refractivity contribution in [1.29, 1.82) is 0 Å². The highest BCUT2D eigenvalue weighted by molar-refractivity contribution is 6.08. The summed E-state index contributed by atoms with van der Waals surface area (Å²) in [6.45, 7) is 3.71. The molecule has 7 heteroatoms. The number of hydrogen-bond donors (Lipinski definition) is 2. The Hall–Kier alpha value is -2.44. The Bertz CT molecular complexity index is 626. The number of nitrogens with one attached hydrogen (secondary N) is 2. The van der Waals surface area contributed by atoms with Crippen molar-refractivity contribution in [2.75, 3.05) is 13.1 Å². The highest BCUT2D eigenvalue weighted by Crippen LogP contribution is 2.24. The number of halogens is 1. The first kappa shape index (κ1) is 17.9. The van der Waals surface area contributed by atoms with Gasteiger partial charge in [-0.15, -0.1) is 0 Å². The summed E-state index contributed by atoms with van der Waals surface area (Å²) in [5, 5.41) is 5.35. The lowest BCUT2D eigenvalue weighted by Gasteiger charge is -2.23. The van der Waals surface area contributed by atoms with Crippen molar-refractivity contribution in [3.05, 3.63) is 35.6 Å². The number of carbonyl (C=O) groups is 3. The maximum Gasteiger partial charge on any atom is 0.325 e. The van der Waals surface area contributed by atoms with Crippen molar-refractivity contribution >= 4 is 17.8 Å². The number of nitrogens with zero attached hydrogens (tertiary/aromatic N) is 1. The molecule has 1 aliphatic rings. The molecule has 0 aliphatic carbocycles. The van der Waals surface area contributed by atoms with Crippen LogP contribution in [0.25, 0.3) is 0 Å². The van der Waals surface area contributed by atoms with E-state index in [9.17, 15) is 18.8 Å². The van der Waals surface area contributed by atoms with Crippen LogP contribution in [0.4, 0.5) is 9.18 Å². The Morgan fingerprint density at radius 3 is 2.38 bits per heavy atom. The van der Waals surface area contributed by atoms with E-state index in [-0.39, 0.29) is 18.3 Å². The zero-order valence-electron chi connectivity index (χ0n) is 13.9. The summed E-state index contributed by atoms with van der Waals surface area (Å²) in [5.74, 6) is -1.06. The quantitative estimate of drug-likeness (QED) is 0.743. The average molecular weight is 335 g/mol. The third-order valence-electron chi connectivity index (χ3n) is 4.40. The molecule has 1 saturated heterocycles. The molecule has 0 unspecified atom stereocenters. The zero-order valence-corrected chi connectivity index (χ0v) is 13.9. The predicted molar refractivity (Wildman–Crippen MR) is 86.7 cm³/mol. The third-order valence-corrected chi connectivity index (χ3v) is 4.40. The fourth-order valence-corrected chi connectivity index (χ4v) is 2.75. The number of benzene rings is 1. The number of imide groups is 1. The van der Waals surface area contributed by atoms with Crippen molar-refractivity contribution in [2.45, 2.75) is 38.6 Å². The van der Waals surface area contributed by atoms with Crippen LogP contribution in [0.15, 0.2) is 24.3 Å². The minimum Gasteiger partial charge on any atom is -0.354 e. The highest BCUT2D eigenvalue weighted by atomic mass is 19.1. The van der Waals surface area contributed by atoms with Gasteiger partial charge < -0.3 is 10.6 Å². The van der Waals surface area contributed by atoms with Crippen molar-refractivity contribution in [3.63, 3.8) is 0 Å². The van der Waals surface area contributed by atoms with E-state index >= 15 is 0 Å². The van der Waals surface area contributed by atoms with Crippen molar-refractivity contribution in [1.82, 2.24) is 15.5 Å². The zero-order chi connectivity index (χ0) is 17.7. The molecule has 1 heterocycles. The molecule has 24 heavy (non-hydrogen) atoms. The molecule has 0 spiro atoms. The molecule has 2 N–H and O–H groups in total. The maximum absolute atomic E-state index is 12.8. The van der Waals surface area contributed by atoms with Crippen LogP contribution < -0.4 is 10.6 Å². The van der Waals surface area contributed by atoms with E-state index in [2.05, 4.69) is 10.6 Å². The van der Waals surface area contributed by atoms with Crippen LogP contribution in [0.1, 0.15) is 32.3 Å². The monoisotopic (exact) mass is 335 g/mol. The smallest absolute Gasteiger partial charge is 0.325 e. The lowest BCUT2D eigenvalue weighted by molar-refractivity contribution is -0.135. The second-order valence-electron chi connectivity index (χ2n) is 5.84. The van der Waals surface area contributed by atoms with Crippen molar-refractivity contribution in [2.24, 2.45) is 0 Å². The minimum absolute atomic E-state index is 0.296. The second-order valence-corrected chi connectivity index (χ2v) is 5.84. The molecule has 0 aromatic heterocycles. The van der Waals surface area contributed by atoms with Gasteiger partial charge in [0.25, 0.3) is 5.91 Å². The largest absolute Gasteiger partial charge is 0.354 e. The molecular weight excluding hydrogens is 313 g/mol. The summed E-state index contributed by atoms with van der Waals surface area (Å²) in [7, 11) is 0. The minimum atomic E-state index is -0.897. The lowest BCUT2D eigenvalue weighted by Crippen LogP contribution is -2.46. The molecule has 4 amide bonds. The average Bonchev–Trinajstić information content (AvgIpc) is 2.81. The van der Waals surface area contributed by atoms with Crippen molar-refractivity contribution in [3.8, 4) is 0 Å². The van der Waals surface area contributed by atoms with E-state index in [4.69, 9.17) is 0 Å². The van der Waals surface area contributed by atoms with Crippen LogP contribution in [-0.2, 0) is 16.0 Å². The molecule has 1 aromatic carbocycles. The van der Waals surface area contributed by atoms with Crippen LogP contribution >= 0.6 is 0 Å². The number of hydrogen-bond acceptors (Lipinski definition) is 3. The molecule has 0 radical (unpaired) electrons. The number of amides is 4. The molecule has 6 nitrogen and oxygen atoms in total. The van der Waals surface area contributed by atoms with E-state index in [0.29, 0.717) is 25.8 Å². The SMILES string of the molecule is CCC1(CC)NC(=O)N(CC(=O)NCCc2ccc(F)cc2)C1=O. The van der Waals surface area contributed by atoms with Gasteiger partial charge in [-0.3, -0.25) is 14.5 Å². The van der Waals surface area contributed by atoms with E-state index in [0.717, 1.165) is 10.5 Å². The topological polar surface area (TPSA) is 78.5 Å². The molecule has 0 atom stereocenters. The fourth-order valence-electron chi connectivity index (χ4n) is 2.75. The summed E-state index contributed by atoms with van der Waals surface area (Å²) < 4.78 is 12.8. The Morgan fingerprint density at radius 2 is 1.83 bits per heavy atom. The molecule has 0 saturated carbocycles. The Kier molecular flexibility index (Phi) is 5.54. The summed E-state index contributed by atoms with van der Waals surface area (Å²) >= 11 is 0. The molecule has 1 fully saturated rings. The highest BCUT2D eigenvalue weighted by Gasteiger charge is 2.49. The normalized spacial score (nSPS) is 16.2. The summed E-state index contributed by atoms with van der Waals surface area (Å²) in [6, 6.07) is 5.49. The third kappa shape index (κ3) is 3.72. The Balaban J connectivity index is 1.85. The summed E-state index contributed by atoms with van der Waals surface area (Å²) in [6.07, 6.45) is 1.51. The van der Waals surface area contributed by atoms with Gasteiger partial charge in [-0.2, -0.15) is 0 Å². The maximum atomic E-state index is 12.8. The van der Waals surface area contributed by atoms with Crippen LogP contribution in [0.5, 0.6) is 0 Å². The first-order valence-electron chi connectivity index (χ1n) is 8.07. The van der Waals surface area contributed by atoms with Gasteiger partial charge in [0.15, 0.2) is 0 Å².